The molecule has 1 amide bonds. The number of anilines is 1. The molecule has 4 aromatic rings. The van der Waals surface area contributed by atoms with Gasteiger partial charge in [-0.25, -0.2) is 4.98 Å². The fraction of sp³-hybridized carbons (Fsp3) is 0.355. The summed E-state index contributed by atoms with van der Waals surface area (Å²) in [5, 5.41) is 11.4. The molecule has 8 nitrogen and oxygen atoms in total. The first-order chi connectivity index (χ1) is 19.5. The summed E-state index contributed by atoms with van der Waals surface area (Å²) >= 11 is 6.30. The van der Waals surface area contributed by atoms with Crippen LogP contribution in [0.1, 0.15) is 29.7 Å². The van der Waals surface area contributed by atoms with Gasteiger partial charge in [0.2, 0.25) is 5.91 Å². The van der Waals surface area contributed by atoms with Gasteiger partial charge in [-0.15, -0.1) is 0 Å². The normalized spacial score (nSPS) is 15.3. The Hall–Kier alpha value is -3.75. The number of carbonyl (C=O) groups excluding carboxylic acids is 1. The SMILES string of the molecule is COc1ccc(OC)c(CC(=O)N(Cc2ccco2)Cc2cc3ccc(Cl)cc3nc2N2CCC[C@H](CO)C2)c1. The minimum absolute atomic E-state index is 0.0861. The lowest BCUT2D eigenvalue weighted by molar-refractivity contribution is -0.132. The van der Waals surface area contributed by atoms with Crippen molar-refractivity contribution in [3.63, 3.8) is 0 Å². The van der Waals surface area contributed by atoms with Gasteiger partial charge in [-0.1, -0.05) is 17.7 Å². The molecule has 210 valence electrons. The molecule has 1 aliphatic rings. The number of halogens is 1. The number of piperidine rings is 1. The fourth-order valence-electron chi connectivity index (χ4n) is 5.29. The highest BCUT2D eigenvalue weighted by Crippen LogP contribution is 2.31. The molecule has 1 aliphatic heterocycles. The molecule has 3 heterocycles. The first-order valence-electron chi connectivity index (χ1n) is 13.4. The first-order valence-corrected chi connectivity index (χ1v) is 13.8. The Morgan fingerprint density at radius 2 is 2.00 bits per heavy atom. The minimum atomic E-state index is -0.0861. The van der Waals surface area contributed by atoms with E-state index in [2.05, 4.69) is 11.0 Å². The molecular weight excluding hydrogens is 530 g/mol. The van der Waals surface area contributed by atoms with Crippen LogP contribution in [0.5, 0.6) is 11.5 Å². The van der Waals surface area contributed by atoms with Crippen molar-refractivity contribution >= 4 is 34.2 Å². The number of benzene rings is 2. The van der Waals surface area contributed by atoms with Crippen molar-refractivity contribution in [3.8, 4) is 11.5 Å². The van der Waals surface area contributed by atoms with E-state index >= 15 is 0 Å². The third kappa shape index (κ3) is 6.35. The van der Waals surface area contributed by atoms with Crippen molar-refractivity contribution in [2.24, 2.45) is 5.92 Å². The van der Waals surface area contributed by atoms with Gasteiger partial charge in [-0.3, -0.25) is 4.79 Å². The van der Waals surface area contributed by atoms with E-state index in [4.69, 9.17) is 30.5 Å². The first kappa shape index (κ1) is 27.8. The van der Waals surface area contributed by atoms with Crippen LogP contribution >= 0.6 is 11.6 Å². The number of aromatic nitrogens is 1. The lowest BCUT2D eigenvalue weighted by Gasteiger charge is -2.35. The highest BCUT2D eigenvalue weighted by molar-refractivity contribution is 6.31. The molecule has 0 aliphatic carbocycles. The number of furan rings is 1. The zero-order chi connectivity index (χ0) is 28.1. The Morgan fingerprint density at radius 3 is 2.75 bits per heavy atom. The standard InChI is InChI=1S/C31H34ClN3O5/c1-38-26-9-10-29(39-2)23(14-26)15-30(37)35(19-27-6-4-12-40-27)18-24-13-22-7-8-25(32)16-28(22)33-31(24)34-11-3-5-21(17-34)20-36/h4,6-10,12-14,16,21,36H,3,5,11,15,17-20H2,1-2H3/t21-/m0/s1. The van der Waals surface area contributed by atoms with Crippen molar-refractivity contribution in [1.82, 2.24) is 9.88 Å². The van der Waals surface area contributed by atoms with Gasteiger partial charge >= 0.3 is 0 Å². The van der Waals surface area contributed by atoms with Crippen LogP contribution in [0, 0.1) is 5.92 Å². The van der Waals surface area contributed by atoms with Crippen LogP contribution in [-0.4, -0.2) is 54.8 Å². The second-order valence-electron chi connectivity index (χ2n) is 10.1. The number of hydrogen-bond donors (Lipinski definition) is 1. The summed E-state index contributed by atoms with van der Waals surface area (Å²) in [6, 6.07) is 16.9. The van der Waals surface area contributed by atoms with Gasteiger partial charge in [0.05, 0.1) is 39.0 Å². The predicted molar refractivity (Wildman–Crippen MR) is 155 cm³/mol. The maximum Gasteiger partial charge on any atom is 0.227 e. The van der Waals surface area contributed by atoms with Gasteiger partial charge < -0.3 is 28.8 Å². The highest BCUT2D eigenvalue weighted by atomic mass is 35.5. The number of carbonyl (C=O) groups is 1. The van der Waals surface area contributed by atoms with E-state index in [1.807, 2.05) is 48.5 Å². The summed E-state index contributed by atoms with van der Waals surface area (Å²) in [7, 11) is 3.19. The van der Waals surface area contributed by atoms with E-state index in [0.717, 1.165) is 47.2 Å². The maximum absolute atomic E-state index is 13.9. The number of aliphatic hydroxyl groups excluding tert-OH is 1. The number of methoxy groups -OCH3 is 2. The summed E-state index contributed by atoms with van der Waals surface area (Å²) in [6.45, 7) is 2.30. The molecule has 1 saturated heterocycles. The van der Waals surface area contributed by atoms with Crippen LogP contribution in [0.25, 0.3) is 10.9 Å². The number of amides is 1. The molecule has 0 radical (unpaired) electrons. The van der Waals surface area contributed by atoms with Gasteiger partial charge in [0.15, 0.2) is 0 Å². The molecule has 40 heavy (non-hydrogen) atoms. The smallest absolute Gasteiger partial charge is 0.227 e. The van der Waals surface area contributed by atoms with E-state index in [1.165, 1.54) is 0 Å². The van der Waals surface area contributed by atoms with Gasteiger partial charge in [-0.2, -0.15) is 0 Å². The fourth-order valence-corrected chi connectivity index (χ4v) is 5.46. The summed E-state index contributed by atoms with van der Waals surface area (Å²) in [5.41, 5.74) is 2.46. The highest BCUT2D eigenvalue weighted by Gasteiger charge is 2.26. The monoisotopic (exact) mass is 563 g/mol. The number of pyridine rings is 1. The van der Waals surface area contributed by atoms with Crippen molar-refractivity contribution in [3.05, 3.63) is 82.8 Å². The van der Waals surface area contributed by atoms with Gasteiger partial charge in [0.1, 0.15) is 23.1 Å². The van der Waals surface area contributed by atoms with Crippen LogP contribution in [0.4, 0.5) is 5.82 Å². The molecule has 0 bridgehead atoms. The Labute approximate surface area is 239 Å². The third-order valence-corrected chi connectivity index (χ3v) is 7.62. The number of hydrogen-bond acceptors (Lipinski definition) is 7. The molecule has 0 spiro atoms. The van der Waals surface area contributed by atoms with Gasteiger partial charge in [-0.05, 0) is 67.3 Å². The van der Waals surface area contributed by atoms with Crippen molar-refractivity contribution in [2.45, 2.75) is 32.4 Å². The average molecular weight is 564 g/mol. The summed E-state index contributed by atoms with van der Waals surface area (Å²) in [5.74, 6) is 2.87. The largest absolute Gasteiger partial charge is 0.497 e. The van der Waals surface area contributed by atoms with Crippen molar-refractivity contribution in [2.75, 3.05) is 38.8 Å². The summed E-state index contributed by atoms with van der Waals surface area (Å²) in [6.07, 6.45) is 3.68. The van der Waals surface area contributed by atoms with Gasteiger partial charge in [0, 0.05) is 47.8 Å². The molecular formula is C31H34ClN3O5. The van der Waals surface area contributed by atoms with E-state index in [0.29, 0.717) is 41.9 Å². The number of nitrogens with zero attached hydrogens (tertiary/aromatic N) is 3. The van der Waals surface area contributed by atoms with E-state index in [1.54, 1.807) is 25.4 Å². The van der Waals surface area contributed by atoms with Crippen LogP contribution in [0.3, 0.4) is 0 Å². The van der Waals surface area contributed by atoms with Crippen molar-refractivity contribution < 1.29 is 23.8 Å². The molecule has 1 N–H and O–H groups in total. The maximum atomic E-state index is 13.9. The molecule has 1 fully saturated rings. The quantitative estimate of drug-likeness (QED) is 0.273. The van der Waals surface area contributed by atoms with Gasteiger partial charge in [0.25, 0.3) is 0 Å². The zero-order valence-electron chi connectivity index (χ0n) is 22.8. The number of fused-ring (bicyclic) bond motifs is 1. The molecule has 5 rings (SSSR count). The molecule has 2 aromatic carbocycles. The topological polar surface area (TPSA) is 88.3 Å². The van der Waals surface area contributed by atoms with Crippen LogP contribution in [0.15, 0.2) is 65.3 Å². The number of rotatable bonds is 10. The Morgan fingerprint density at radius 1 is 1.12 bits per heavy atom. The lowest BCUT2D eigenvalue weighted by Crippen LogP contribution is -2.39. The molecule has 2 aromatic heterocycles. The van der Waals surface area contributed by atoms with Crippen LogP contribution in [0.2, 0.25) is 5.02 Å². The molecule has 9 heteroatoms. The lowest BCUT2D eigenvalue weighted by atomic mass is 9.98. The number of aliphatic hydroxyl groups is 1. The Bertz CT molecular complexity index is 1460. The van der Waals surface area contributed by atoms with Crippen molar-refractivity contribution in [1.29, 1.82) is 0 Å². The van der Waals surface area contributed by atoms with E-state index in [-0.39, 0.29) is 24.9 Å². The second kappa shape index (κ2) is 12.6. The summed E-state index contributed by atoms with van der Waals surface area (Å²) in [4.78, 5) is 23.0. The average Bonchev–Trinajstić information content (AvgIpc) is 3.49. The summed E-state index contributed by atoms with van der Waals surface area (Å²) < 4.78 is 16.6. The Kier molecular flexibility index (Phi) is 8.77. The predicted octanol–water partition coefficient (Wildman–Crippen LogP) is 5.48. The third-order valence-electron chi connectivity index (χ3n) is 7.38. The molecule has 0 saturated carbocycles. The number of ether oxygens (including phenoxy) is 2. The van der Waals surface area contributed by atoms with Crippen LogP contribution < -0.4 is 14.4 Å². The van der Waals surface area contributed by atoms with Crippen LogP contribution in [-0.2, 0) is 24.3 Å². The van der Waals surface area contributed by atoms with E-state index in [9.17, 15) is 9.90 Å². The second-order valence-corrected chi connectivity index (χ2v) is 10.6. The zero-order valence-corrected chi connectivity index (χ0v) is 23.6. The molecule has 0 unspecified atom stereocenters. The van der Waals surface area contributed by atoms with E-state index < -0.39 is 0 Å². The Balaban J connectivity index is 1.52. The minimum Gasteiger partial charge on any atom is -0.497 e. The molecule has 1 atom stereocenters.